The monoisotopic (exact) mass is 406 g/mol. The van der Waals surface area contributed by atoms with Crippen molar-refractivity contribution in [2.24, 2.45) is 0 Å². The largest absolute Gasteiger partial charge is 0.347 e. The third-order valence-electron chi connectivity index (χ3n) is 4.35. The zero-order chi connectivity index (χ0) is 20.2. The summed E-state index contributed by atoms with van der Waals surface area (Å²) in [5, 5.41) is 7.74. The summed E-state index contributed by atoms with van der Waals surface area (Å²) in [5.74, 6) is -0.775. The second kappa shape index (κ2) is 8.24. The van der Waals surface area contributed by atoms with Crippen molar-refractivity contribution in [3.63, 3.8) is 0 Å². The van der Waals surface area contributed by atoms with E-state index >= 15 is 0 Å². The van der Waals surface area contributed by atoms with Gasteiger partial charge in [0.05, 0.1) is 16.4 Å². The molecule has 0 bridgehead atoms. The highest BCUT2D eigenvalue weighted by atomic mass is 35.5. The summed E-state index contributed by atoms with van der Waals surface area (Å²) in [5.41, 5.74) is 2.29. The Morgan fingerprint density at radius 2 is 1.86 bits per heavy atom. The van der Waals surface area contributed by atoms with Crippen LogP contribution in [0.2, 0.25) is 5.02 Å². The number of rotatable bonds is 5. The van der Waals surface area contributed by atoms with Crippen LogP contribution in [0.3, 0.4) is 0 Å². The van der Waals surface area contributed by atoms with Crippen molar-refractivity contribution >= 4 is 17.5 Å². The highest BCUT2D eigenvalue weighted by Gasteiger charge is 2.20. The molecule has 1 N–H and O–H groups in total. The molecule has 0 atom stereocenters. The number of pyridine rings is 1. The average molecular weight is 407 g/mol. The minimum Gasteiger partial charge on any atom is -0.347 e. The molecule has 0 radical (unpaired) electrons. The second-order valence-electron chi connectivity index (χ2n) is 6.30. The van der Waals surface area contributed by atoms with E-state index in [4.69, 9.17) is 11.6 Å². The number of nitrogens with one attached hydrogen (secondary N) is 1. The van der Waals surface area contributed by atoms with Crippen molar-refractivity contribution < 1.29 is 9.18 Å². The lowest BCUT2D eigenvalue weighted by atomic mass is 10.1. The van der Waals surface area contributed by atoms with Gasteiger partial charge in [-0.25, -0.2) is 9.07 Å². The quantitative estimate of drug-likeness (QED) is 0.524. The first-order valence-corrected chi connectivity index (χ1v) is 9.28. The van der Waals surface area contributed by atoms with E-state index in [1.54, 1.807) is 67.0 Å². The number of amides is 1. The first-order valence-electron chi connectivity index (χ1n) is 8.90. The molecule has 29 heavy (non-hydrogen) atoms. The van der Waals surface area contributed by atoms with Gasteiger partial charge in [0.2, 0.25) is 0 Å². The van der Waals surface area contributed by atoms with Gasteiger partial charge in [-0.1, -0.05) is 41.9 Å². The van der Waals surface area contributed by atoms with Gasteiger partial charge >= 0.3 is 0 Å². The summed E-state index contributed by atoms with van der Waals surface area (Å²) < 4.78 is 15.7. The molecule has 0 fully saturated rings. The van der Waals surface area contributed by atoms with Crippen molar-refractivity contribution in [2.45, 2.75) is 6.54 Å². The number of para-hydroxylation sites is 1. The summed E-state index contributed by atoms with van der Waals surface area (Å²) in [6.07, 6.45) is 3.34. The molecule has 0 aliphatic heterocycles. The maximum absolute atomic E-state index is 14.3. The Morgan fingerprint density at radius 3 is 2.62 bits per heavy atom. The maximum Gasteiger partial charge on any atom is 0.270 e. The first kappa shape index (κ1) is 18.8. The van der Waals surface area contributed by atoms with Crippen LogP contribution >= 0.6 is 11.6 Å². The summed E-state index contributed by atoms with van der Waals surface area (Å²) in [7, 11) is 0. The molecule has 4 aromatic rings. The smallest absolute Gasteiger partial charge is 0.270 e. The van der Waals surface area contributed by atoms with E-state index in [9.17, 15) is 9.18 Å². The summed E-state index contributed by atoms with van der Waals surface area (Å²) >= 11 is 6.32. The molecule has 2 aromatic carbocycles. The molecule has 5 nitrogen and oxygen atoms in total. The second-order valence-corrected chi connectivity index (χ2v) is 6.71. The van der Waals surface area contributed by atoms with Crippen LogP contribution in [0.25, 0.3) is 16.9 Å². The van der Waals surface area contributed by atoms with Crippen molar-refractivity contribution in [2.75, 3.05) is 0 Å². The Morgan fingerprint density at radius 1 is 1.07 bits per heavy atom. The number of aromatic nitrogens is 3. The predicted molar refractivity (Wildman–Crippen MR) is 109 cm³/mol. The predicted octanol–water partition coefficient (Wildman–Crippen LogP) is 4.66. The van der Waals surface area contributed by atoms with Gasteiger partial charge in [0.25, 0.3) is 5.91 Å². The van der Waals surface area contributed by atoms with E-state index in [2.05, 4.69) is 15.4 Å². The molecule has 0 aliphatic carbocycles. The Bertz CT molecular complexity index is 1160. The van der Waals surface area contributed by atoms with Crippen LogP contribution in [0.1, 0.15) is 16.1 Å². The highest BCUT2D eigenvalue weighted by molar-refractivity contribution is 6.32. The number of carbonyl (C=O) groups excluding carboxylic acids is 1. The standard InChI is InChI=1S/C22H16ClFN4O/c23-17-8-2-4-10-20(17)28-21(22(29)26-14-15-6-5-11-25-13-15)12-19(27-28)16-7-1-3-9-18(16)24/h1-13H,14H2,(H,26,29). The summed E-state index contributed by atoms with van der Waals surface area (Å²) in [4.78, 5) is 17.0. The van der Waals surface area contributed by atoms with Gasteiger partial charge in [0.1, 0.15) is 11.5 Å². The fraction of sp³-hybridized carbons (Fsp3) is 0.0455. The number of hydrogen-bond donors (Lipinski definition) is 1. The van der Waals surface area contributed by atoms with Crippen molar-refractivity contribution in [1.82, 2.24) is 20.1 Å². The van der Waals surface area contributed by atoms with E-state index < -0.39 is 5.82 Å². The maximum atomic E-state index is 14.3. The fourth-order valence-electron chi connectivity index (χ4n) is 2.93. The van der Waals surface area contributed by atoms with E-state index in [-0.39, 0.29) is 11.6 Å². The third-order valence-corrected chi connectivity index (χ3v) is 4.67. The van der Waals surface area contributed by atoms with Crippen LogP contribution in [0.5, 0.6) is 0 Å². The number of hydrogen-bond acceptors (Lipinski definition) is 3. The number of nitrogens with zero attached hydrogens (tertiary/aromatic N) is 3. The zero-order valence-electron chi connectivity index (χ0n) is 15.2. The molecule has 0 unspecified atom stereocenters. The van der Waals surface area contributed by atoms with Crippen LogP contribution < -0.4 is 5.32 Å². The number of carbonyl (C=O) groups is 1. The van der Waals surface area contributed by atoms with Crippen LogP contribution in [0, 0.1) is 5.82 Å². The lowest BCUT2D eigenvalue weighted by molar-refractivity contribution is 0.0943. The molecule has 0 aliphatic rings. The summed E-state index contributed by atoms with van der Waals surface area (Å²) in [6, 6.07) is 18.5. The number of benzene rings is 2. The minimum atomic E-state index is -0.418. The SMILES string of the molecule is O=C(NCc1cccnc1)c1cc(-c2ccccc2F)nn1-c1ccccc1Cl. The molecule has 0 saturated carbocycles. The van der Waals surface area contributed by atoms with Gasteiger partial charge in [-0.15, -0.1) is 0 Å². The Balaban J connectivity index is 1.74. The van der Waals surface area contributed by atoms with Gasteiger partial charge < -0.3 is 5.32 Å². The topological polar surface area (TPSA) is 59.8 Å². The van der Waals surface area contributed by atoms with Crippen molar-refractivity contribution in [3.05, 3.63) is 101 Å². The molecule has 0 saturated heterocycles. The van der Waals surface area contributed by atoms with Crippen LogP contribution in [0.15, 0.2) is 79.1 Å². The normalized spacial score (nSPS) is 10.7. The van der Waals surface area contributed by atoms with E-state index in [0.29, 0.717) is 28.5 Å². The molecule has 0 spiro atoms. The van der Waals surface area contributed by atoms with Gasteiger partial charge in [0, 0.05) is 24.5 Å². The van der Waals surface area contributed by atoms with Crippen LogP contribution in [0.4, 0.5) is 4.39 Å². The van der Waals surface area contributed by atoms with Crippen molar-refractivity contribution in [3.8, 4) is 16.9 Å². The van der Waals surface area contributed by atoms with Gasteiger partial charge in [-0.3, -0.25) is 9.78 Å². The number of halogens is 2. The Hall–Kier alpha value is -3.51. The van der Waals surface area contributed by atoms with E-state index in [1.807, 2.05) is 6.07 Å². The fourth-order valence-corrected chi connectivity index (χ4v) is 3.14. The van der Waals surface area contributed by atoms with E-state index in [1.165, 1.54) is 10.7 Å². The lowest BCUT2D eigenvalue weighted by Crippen LogP contribution is -2.25. The van der Waals surface area contributed by atoms with Gasteiger partial charge in [0.15, 0.2) is 0 Å². The molecule has 7 heteroatoms. The molecule has 1 amide bonds. The van der Waals surface area contributed by atoms with Crippen LogP contribution in [-0.4, -0.2) is 20.7 Å². The molecule has 2 heterocycles. The van der Waals surface area contributed by atoms with Crippen LogP contribution in [-0.2, 0) is 6.54 Å². The molecular formula is C22H16ClFN4O. The Kier molecular flexibility index (Phi) is 5.35. The van der Waals surface area contributed by atoms with Gasteiger partial charge in [-0.2, -0.15) is 5.10 Å². The minimum absolute atomic E-state index is 0.250. The zero-order valence-corrected chi connectivity index (χ0v) is 16.0. The highest BCUT2D eigenvalue weighted by Crippen LogP contribution is 2.27. The summed E-state index contributed by atoms with van der Waals surface area (Å²) in [6.45, 7) is 0.301. The van der Waals surface area contributed by atoms with Crippen molar-refractivity contribution in [1.29, 1.82) is 0 Å². The van der Waals surface area contributed by atoms with Gasteiger partial charge in [-0.05, 0) is 42.0 Å². The first-order chi connectivity index (χ1) is 14.1. The molecule has 4 rings (SSSR count). The molecule has 144 valence electrons. The van der Waals surface area contributed by atoms with E-state index in [0.717, 1.165) is 5.56 Å². The Labute approximate surface area is 171 Å². The lowest BCUT2D eigenvalue weighted by Gasteiger charge is -2.09. The third kappa shape index (κ3) is 4.02. The molecular weight excluding hydrogens is 391 g/mol. The average Bonchev–Trinajstić information content (AvgIpc) is 3.18. The molecule has 2 aromatic heterocycles.